The third kappa shape index (κ3) is 4.34. The third-order valence-corrected chi connectivity index (χ3v) is 9.31. The Labute approximate surface area is 168 Å². The highest BCUT2D eigenvalue weighted by Crippen LogP contribution is 2.30. The van der Waals surface area contributed by atoms with Gasteiger partial charge >= 0.3 is 8.32 Å². The lowest BCUT2D eigenvalue weighted by atomic mass is 10.2. The summed E-state index contributed by atoms with van der Waals surface area (Å²) in [6, 6.07) is 28.1. The Kier molecular flexibility index (Phi) is 6.54. The van der Waals surface area contributed by atoms with Crippen LogP contribution in [0.15, 0.2) is 85.4 Å². The van der Waals surface area contributed by atoms with Crippen molar-refractivity contribution in [3.05, 3.63) is 96.0 Å². The van der Waals surface area contributed by atoms with Crippen LogP contribution in [0.2, 0.25) is 11.1 Å². The predicted octanol–water partition coefficient (Wildman–Crippen LogP) is 5.92. The second kappa shape index (κ2) is 9.07. The summed E-state index contributed by atoms with van der Waals surface area (Å²) in [7, 11) is -2.50. The summed E-state index contributed by atoms with van der Waals surface area (Å²) in [5.41, 5.74) is 1.01. The molecule has 3 aromatic rings. The first kappa shape index (κ1) is 19.5. The first-order valence-corrected chi connectivity index (χ1v) is 11.9. The van der Waals surface area contributed by atoms with Crippen molar-refractivity contribution >= 4 is 36.4 Å². The highest BCUT2D eigenvalue weighted by atomic mass is 35.5. The van der Waals surface area contributed by atoms with E-state index in [0.717, 1.165) is 30.2 Å². The topological polar surface area (TPSA) is 9.23 Å². The summed E-state index contributed by atoms with van der Waals surface area (Å²) in [6.45, 7) is 6.10. The van der Waals surface area contributed by atoms with Gasteiger partial charge in [-0.05, 0) is 34.1 Å². The molecule has 0 aliphatic heterocycles. The van der Waals surface area contributed by atoms with E-state index in [1.54, 1.807) is 0 Å². The molecule has 0 N–H and O–H groups in total. The number of halogens is 1. The van der Waals surface area contributed by atoms with Crippen LogP contribution in [-0.4, -0.2) is 8.32 Å². The van der Waals surface area contributed by atoms with Crippen LogP contribution in [0.25, 0.3) is 6.08 Å². The van der Waals surface area contributed by atoms with Crippen LogP contribution < -0.4 is 14.8 Å². The van der Waals surface area contributed by atoms with Crippen molar-refractivity contribution in [1.29, 1.82) is 0 Å². The molecule has 0 fully saturated rings. The summed E-state index contributed by atoms with van der Waals surface area (Å²) in [6.07, 6.45) is 4.05. The van der Waals surface area contributed by atoms with Gasteiger partial charge in [-0.15, -0.1) is 0 Å². The van der Waals surface area contributed by atoms with E-state index in [1.165, 1.54) is 10.4 Å². The molecule has 0 aliphatic rings. The van der Waals surface area contributed by atoms with Crippen LogP contribution in [0.1, 0.15) is 25.3 Å². The Bertz CT molecular complexity index is 838. The van der Waals surface area contributed by atoms with Gasteiger partial charge in [0.25, 0.3) is 0 Å². The molecule has 0 atom stereocenters. The number of hydrogen-bond donors (Lipinski definition) is 0. The van der Waals surface area contributed by atoms with E-state index >= 15 is 0 Å². The first-order valence-electron chi connectivity index (χ1n) is 9.41. The molecule has 0 aromatic heterocycles. The van der Waals surface area contributed by atoms with Gasteiger partial charge in [0.1, 0.15) is 5.75 Å². The average molecular weight is 393 g/mol. The maximum absolute atomic E-state index is 6.91. The van der Waals surface area contributed by atoms with Crippen molar-refractivity contribution in [2.45, 2.75) is 25.8 Å². The van der Waals surface area contributed by atoms with Crippen LogP contribution in [-0.2, 0) is 0 Å². The molecular weight excluding hydrogens is 368 g/mol. The van der Waals surface area contributed by atoms with Gasteiger partial charge in [0.05, 0.1) is 5.02 Å². The van der Waals surface area contributed by atoms with Crippen molar-refractivity contribution in [3.63, 3.8) is 0 Å². The number of hydrogen-bond acceptors (Lipinski definition) is 1. The summed E-state index contributed by atoms with van der Waals surface area (Å²) < 4.78 is 6.91. The van der Waals surface area contributed by atoms with Crippen LogP contribution >= 0.6 is 11.6 Å². The number of benzene rings is 3. The number of rotatable bonds is 8. The van der Waals surface area contributed by atoms with Gasteiger partial charge in [0, 0.05) is 0 Å². The zero-order valence-corrected chi connectivity index (χ0v) is 17.5. The van der Waals surface area contributed by atoms with E-state index in [2.05, 4.69) is 74.2 Å². The van der Waals surface area contributed by atoms with E-state index < -0.39 is 8.32 Å². The van der Waals surface area contributed by atoms with E-state index in [4.69, 9.17) is 16.0 Å². The monoisotopic (exact) mass is 392 g/mol. The van der Waals surface area contributed by atoms with Crippen LogP contribution in [0, 0.1) is 0 Å². The van der Waals surface area contributed by atoms with E-state index in [0.29, 0.717) is 5.02 Å². The SMILES string of the molecule is C=Cc1ccc(Cl)c(O[Si](CCCC)(c2ccccc2)c2ccccc2)c1. The molecule has 0 bridgehead atoms. The standard InChI is InChI=1S/C24H25ClOSi/c1-3-5-18-27(21-12-8-6-9-13-21,22-14-10-7-11-15-22)26-24-19-20(4-2)16-17-23(24)25/h4,6-17,19H,2-3,5,18H2,1H3. The molecule has 0 aliphatic carbocycles. The fourth-order valence-corrected chi connectivity index (χ4v) is 7.70. The molecule has 3 aromatic carbocycles. The average Bonchev–Trinajstić information content (AvgIpc) is 2.74. The highest BCUT2D eigenvalue weighted by molar-refractivity contribution is 6.98. The van der Waals surface area contributed by atoms with Crippen molar-refractivity contribution in [3.8, 4) is 5.75 Å². The van der Waals surface area contributed by atoms with Gasteiger partial charge in [-0.3, -0.25) is 0 Å². The first-order chi connectivity index (χ1) is 13.2. The smallest absolute Gasteiger partial charge is 0.314 e. The molecule has 0 unspecified atom stereocenters. The molecular formula is C24H25ClOSi. The minimum atomic E-state index is -2.50. The van der Waals surface area contributed by atoms with Crippen LogP contribution in [0.4, 0.5) is 0 Å². The lowest BCUT2D eigenvalue weighted by Gasteiger charge is -2.33. The normalized spacial score (nSPS) is 11.2. The summed E-state index contributed by atoms with van der Waals surface area (Å²) in [4.78, 5) is 0. The molecule has 27 heavy (non-hydrogen) atoms. The van der Waals surface area contributed by atoms with Gasteiger partial charge in [-0.2, -0.15) is 0 Å². The van der Waals surface area contributed by atoms with Crippen LogP contribution in [0.5, 0.6) is 5.75 Å². The quantitative estimate of drug-likeness (QED) is 0.432. The minimum Gasteiger partial charge on any atom is -0.533 e. The summed E-state index contributed by atoms with van der Waals surface area (Å²) in [5.74, 6) is 0.740. The summed E-state index contributed by atoms with van der Waals surface area (Å²) in [5, 5.41) is 3.18. The van der Waals surface area contributed by atoms with Crippen molar-refractivity contribution in [2.24, 2.45) is 0 Å². The molecule has 0 radical (unpaired) electrons. The molecule has 0 spiro atoms. The molecule has 0 heterocycles. The van der Waals surface area contributed by atoms with Crippen molar-refractivity contribution in [2.75, 3.05) is 0 Å². The maximum atomic E-state index is 6.91. The van der Waals surface area contributed by atoms with Gasteiger partial charge in [0.15, 0.2) is 0 Å². The fourth-order valence-electron chi connectivity index (χ4n) is 3.38. The van der Waals surface area contributed by atoms with E-state index in [-0.39, 0.29) is 0 Å². The van der Waals surface area contributed by atoms with E-state index in [9.17, 15) is 0 Å². The predicted molar refractivity (Wildman–Crippen MR) is 120 cm³/mol. The van der Waals surface area contributed by atoms with Gasteiger partial charge in [0.2, 0.25) is 0 Å². The molecule has 1 nitrogen and oxygen atoms in total. The second-order valence-corrected chi connectivity index (χ2v) is 10.6. The van der Waals surface area contributed by atoms with Crippen LogP contribution in [0.3, 0.4) is 0 Å². The zero-order chi connectivity index (χ0) is 19.1. The highest BCUT2D eigenvalue weighted by Gasteiger charge is 2.41. The minimum absolute atomic E-state index is 0.640. The lowest BCUT2D eigenvalue weighted by molar-refractivity contribution is 0.556. The maximum Gasteiger partial charge on any atom is 0.314 e. The molecule has 0 saturated heterocycles. The fraction of sp³-hybridized carbons (Fsp3) is 0.167. The summed E-state index contributed by atoms with van der Waals surface area (Å²) >= 11 is 6.53. The molecule has 0 amide bonds. The van der Waals surface area contributed by atoms with Gasteiger partial charge < -0.3 is 4.43 Å². The van der Waals surface area contributed by atoms with Gasteiger partial charge in [-0.1, -0.05) is 111 Å². The van der Waals surface area contributed by atoms with Gasteiger partial charge in [-0.25, -0.2) is 0 Å². The largest absolute Gasteiger partial charge is 0.533 e. The molecule has 3 rings (SSSR count). The number of unbranched alkanes of at least 4 members (excludes halogenated alkanes) is 1. The lowest BCUT2D eigenvalue weighted by Crippen LogP contribution is -2.63. The van der Waals surface area contributed by atoms with Crippen molar-refractivity contribution < 1.29 is 4.43 Å². The Hall–Kier alpha value is -2.29. The van der Waals surface area contributed by atoms with Crippen molar-refractivity contribution in [1.82, 2.24) is 0 Å². The Morgan fingerprint density at radius 1 is 0.926 bits per heavy atom. The molecule has 3 heteroatoms. The molecule has 0 saturated carbocycles. The zero-order valence-electron chi connectivity index (χ0n) is 15.7. The third-order valence-electron chi connectivity index (χ3n) is 4.84. The Balaban J connectivity index is 2.18. The van der Waals surface area contributed by atoms with E-state index in [1.807, 2.05) is 24.3 Å². The second-order valence-electron chi connectivity index (χ2n) is 6.66. The Morgan fingerprint density at radius 2 is 1.52 bits per heavy atom. The molecule has 138 valence electrons. The Morgan fingerprint density at radius 3 is 2.04 bits per heavy atom.